The van der Waals surface area contributed by atoms with Crippen LogP contribution in [0.2, 0.25) is 0 Å². The molecular weight excluding hydrogens is 218 g/mol. The Balaban J connectivity index is 2.17. The Morgan fingerprint density at radius 1 is 1.53 bits per heavy atom. The van der Waals surface area contributed by atoms with E-state index in [1.165, 1.54) is 19.0 Å². The van der Waals surface area contributed by atoms with Gasteiger partial charge < -0.3 is 10.4 Å². The van der Waals surface area contributed by atoms with Gasteiger partial charge in [-0.25, -0.2) is 14.8 Å². The second-order valence-electron chi connectivity index (χ2n) is 5.12. The van der Waals surface area contributed by atoms with Gasteiger partial charge >= 0.3 is 5.97 Å². The fourth-order valence-electron chi connectivity index (χ4n) is 1.93. The lowest BCUT2D eigenvalue weighted by atomic mass is 9.99. The highest BCUT2D eigenvalue weighted by atomic mass is 16.4. The quantitative estimate of drug-likeness (QED) is 0.835. The van der Waals surface area contributed by atoms with Crippen LogP contribution in [-0.4, -0.2) is 26.6 Å². The van der Waals surface area contributed by atoms with Crippen molar-refractivity contribution in [2.75, 3.05) is 5.32 Å². The van der Waals surface area contributed by atoms with Crippen LogP contribution in [0, 0.1) is 12.8 Å². The number of aromatic nitrogens is 2. The molecule has 0 bridgehead atoms. The standard InChI is InChI=1S/C12H17N3O2/c1-7-9(10(16)17)6-13-11(14-7)15-12(2,3)8-4-5-8/h6,8H,4-5H2,1-3H3,(H,16,17)(H,13,14,15). The van der Waals surface area contributed by atoms with Gasteiger partial charge in [-0.1, -0.05) is 0 Å². The van der Waals surface area contributed by atoms with Crippen molar-refractivity contribution in [1.82, 2.24) is 9.97 Å². The van der Waals surface area contributed by atoms with E-state index >= 15 is 0 Å². The van der Waals surface area contributed by atoms with E-state index in [4.69, 9.17) is 5.11 Å². The van der Waals surface area contributed by atoms with Crippen LogP contribution < -0.4 is 5.32 Å². The first kappa shape index (κ1) is 11.8. The summed E-state index contributed by atoms with van der Waals surface area (Å²) in [5, 5.41) is 12.2. The average Bonchev–Trinajstić information content (AvgIpc) is 2.98. The summed E-state index contributed by atoms with van der Waals surface area (Å²) in [5.41, 5.74) is 0.610. The van der Waals surface area contributed by atoms with Crippen molar-refractivity contribution < 1.29 is 9.90 Å². The maximum absolute atomic E-state index is 10.8. The predicted molar refractivity (Wildman–Crippen MR) is 64.2 cm³/mol. The first-order valence-corrected chi connectivity index (χ1v) is 5.75. The number of carbonyl (C=O) groups is 1. The predicted octanol–water partition coefficient (Wildman–Crippen LogP) is 2.08. The molecule has 0 radical (unpaired) electrons. The van der Waals surface area contributed by atoms with E-state index in [9.17, 15) is 4.79 Å². The second-order valence-corrected chi connectivity index (χ2v) is 5.12. The van der Waals surface area contributed by atoms with Gasteiger partial charge in [0.25, 0.3) is 0 Å². The van der Waals surface area contributed by atoms with Gasteiger partial charge in [-0.15, -0.1) is 0 Å². The smallest absolute Gasteiger partial charge is 0.339 e. The van der Waals surface area contributed by atoms with Crippen molar-refractivity contribution >= 4 is 11.9 Å². The minimum Gasteiger partial charge on any atom is -0.478 e. The maximum Gasteiger partial charge on any atom is 0.339 e. The third-order valence-electron chi connectivity index (χ3n) is 3.24. The number of aromatic carboxylic acids is 1. The first-order valence-electron chi connectivity index (χ1n) is 5.75. The molecule has 1 aromatic heterocycles. The van der Waals surface area contributed by atoms with Gasteiger partial charge in [0.1, 0.15) is 0 Å². The molecule has 5 nitrogen and oxygen atoms in total. The highest BCUT2D eigenvalue weighted by molar-refractivity contribution is 5.88. The van der Waals surface area contributed by atoms with Gasteiger partial charge in [-0.3, -0.25) is 0 Å². The lowest BCUT2D eigenvalue weighted by molar-refractivity contribution is 0.0695. The van der Waals surface area contributed by atoms with Gasteiger partial charge in [-0.2, -0.15) is 0 Å². The summed E-state index contributed by atoms with van der Waals surface area (Å²) in [4.78, 5) is 19.1. The maximum atomic E-state index is 10.8. The molecule has 2 rings (SSSR count). The van der Waals surface area contributed by atoms with Gasteiger partial charge in [0, 0.05) is 11.7 Å². The lowest BCUT2D eigenvalue weighted by Gasteiger charge is -2.26. The van der Waals surface area contributed by atoms with Crippen molar-refractivity contribution in [3.05, 3.63) is 17.5 Å². The number of aryl methyl sites for hydroxylation is 1. The first-order chi connectivity index (χ1) is 7.90. The van der Waals surface area contributed by atoms with Crippen molar-refractivity contribution in [3.63, 3.8) is 0 Å². The molecule has 92 valence electrons. The van der Waals surface area contributed by atoms with Crippen molar-refractivity contribution in [1.29, 1.82) is 0 Å². The molecule has 1 heterocycles. The van der Waals surface area contributed by atoms with Crippen LogP contribution in [-0.2, 0) is 0 Å². The van der Waals surface area contributed by atoms with Gasteiger partial charge in [0.2, 0.25) is 5.95 Å². The molecular formula is C12H17N3O2. The van der Waals surface area contributed by atoms with E-state index in [2.05, 4.69) is 29.1 Å². The summed E-state index contributed by atoms with van der Waals surface area (Å²) in [6, 6.07) is 0. The van der Waals surface area contributed by atoms with Crippen LogP contribution >= 0.6 is 0 Å². The number of carboxylic acids is 1. The fourth-order valence-corrected chi connectivity index (χ4v) is 1.93. The van der Waals surface area contributed by atoms with Crippen LogP contribution in [0.15, 0.2) is 6.20 Å². The van der Waals surface area contributed by atoms with E-state index in [0.717, 1.165) is 0 Å². The molecule has 0 saturated heterocycles. The molecule has 0 amide bonds. The monoisotopic (exact) mass is 235 g/mol. The zero-order chi connectivity index (χ0) is 12.6. The summed E-state index contributed by atoms with van der Waals surface area (Å²) in [6.07, 6.45) is 3.81. The number of carboxylic acid groups (broad SMARTS) is 1. The third-order valence-corrected chi connectivity index (χ3v) is 3.24. The molecule has 1 fully saturated rings. The number of nitrogens with zero attached hydrogens (tertiary/aromatic N) is 2. The van der Waals surface area contributed by atoms with Gasteiger partial charge in [0.15, 0.2) is 0 Å². The van der Waals surface area contributed by atoms with E-state index in [-0.39, 0.29) is 11.1 Å². The number of anilines is 1. The molecule has 1 aliphatic rings. The molecule has 0 aliphatic heterocycles. The van der Waals surface area contributed by atoms with E-state index in [0.29, 0.717) is 17.6 Å². The minimum absolute atomic E-state index is 0.0306. The second kappa shape index (κ2) is 3.98. The molecule has 2 N–H and O–H groups in total. The van der Waals surface area contributed by atoms with E-state index in [1.54, 1.807) is 6.92 Å². The summed E-state index contributed by atoms with van der Waals surface area (Å²) in [6.45, 7) is 5.92. The highest BCUT2D eigenvalue weighted by Gasteiger charge is 2.38. The van der Waals surface area contributed by atoms with Gasteiger partial charge in [0.05, 0.1) is 11.3 Å². The van der Waals surface area contributed by atoms with Crippen LogP contribution in [0.1, 0.15) is 42.7 Å². The molecule has 5 heteroatoms. The molecule has 0 spiro atoms. The number of hydrogen-bond donors (Lipinski definition) is 2. The molecule has 0 unspecified atom stereocenters. The number of nitrogens with one attached hydrogen (secondary N) is 1. The Kier molecular flexibility index (Phi) is 2.77. The average molecular weight is 235 g/mol. The van der Waals surface area contributed by atoms with Crippen LogP contribution in [0.3, 0.4) is 0 Å². The SMILES string of the molecule is Cc1nc(NC(C)(C)C2CC2)ncc1C(=O)O. The summed E-state index contributed by atoms with van der Waals surface area (Å²) in [5.74, 6) is 0.172. The Labute approximate surface area is 100 Å². The summed E-state index contributed by atoms with van der Waals surface area (Å²) < 4.78 is 0. The van der Waals surface area contributed by atoms with E-state index in [1.807, 2.05) is 0 Å². The Morgan fingerprint density at radius 3 is 2.65 bits per heavy atom. The molecule has 0 aromatic carbocycles. The molecule has 1 aliphatic carbocycles. The fraction of sp³-hybridized carbons (Fsp3) is 0.583. The molecule has 1 aromatic rings. The zero-order valence-electron chi connectivity index (χ0n) is 10.3. The largest absolute Gasteiger partial charge is 0.478 e. The summed E-state index contributed by atoms with van der Waals surface area (Å²) >= 11 is 0. The highest BCUT2D eigenvalue weighted by Crippen LogP contribution is 2.40. The number of rotatable bonds is 4. The normalized spacial score (nSPS) is 15.7. The molecule has 1 saturated carbocycles. The van der Waals surface area contributed by atoms with Crippen molar-refractivity contribution in [2.24, 2.45) is 5.92 Å². The third kappa shape index (κ3) is 2.54. The van der Waals surface area contributed by atoms with Crippen molar-refractivity contribution in [2.45, 2.75) is 39.2 Å². The van der Waals surface area contributed by atoms with Crippen LogP contribution in [0.5, 0.6) is 0 Å². The van der Waals surface area contributed by atoms with Crippen LogP contribution in [0.25, 0.3) is 0 Å². The Bertz CT molecular complexity index is 453. The van der Waals surface area contributed by atoms with Crippen molar-refractivity contribution in [3.8, 4) is 0 Å². The Hall–Kier alpha value is -1.65. The zero-order valence-corrected chi connectivity index (χ0v) is 10.3. The molecule has 17 heavy (non-hydrogen) atoms. The molecule has 0 atom stereocenters. The van der Waals surface area contributed by atoms with Crippen LogP contribution in [0.4, 0.5) is 5.95 Å². The van der Waals surface area contributed by atoms with E-state index < -0.39 is 5.97 Å². The summed E-state index contributed by atoms with van der Waals surface area (Å²) in [7, 11) is 0. The number of hydrogen-bond acceptors (Lipinski definition) is 4. The minimum atomic E-state index is -0.990. The topological polar surface area (TPSA) is 75.1 Å². The lowest BCUT2D eigenvalue weighted by Crippen LogP contribution is -2.34. The Morgan fingerprint density at radius 2 is 2.18 bits per heavy atom. The van der Waals surface area contributed by atoms with Gasteiger partial charge in [-0.05, 0) is 39.5 Å².